The van der Waals surface area contributed by atoms with Crippen LogP contribution in [0.15, 0.2) is 6.33 Å². The molecule has 0 unspecified atom stereocenters. The molecule has 0 aromatic carbocycles. The monoisotopic (exact) mass is 305 g/mol. The largest absolute Gasteiger partial charge is 0.502 e. The van der Waals surface area contributed by atoms with E-state index in [0.29, 0.717) is 11.8 Å². The summed E-state index contributed by atoms with van der Waals surface area (Å²) in [6.07, 6.45) is 1.56. The van der Waals surface area contributed by atoms with E-state index in [9.17, 15) is 0 Å². The van der Waals surface area contributed by atoms with Crippen molar-refractivity contribution in [1.29, 1.82) is 0 Å². The summed E-state index contributed by atoms with van der Waals surface area (Å²) in [6.45, 7) is 10.1. The highest BCUT2D eigenvalue weighted by molar-refractivity contribution is 6.63. The molecule has 0 aliphatic carbocycles. The molecule has 2 fully saturated rings. The third-order valence-corrected chi connectivity index (χ3v) is 5.01. The number of hydrogen-bond donors (Lipinski definition) is 0. The van der Waals surface area contributed by atoms with Gasteiger partial charge in [0.2, 0.25) is 5.88 Å². The van der Waals surface area contributed by atoms with Gasteiger partial charge < -0.3 is 18.9 Å². The Morgan fingerprint density at radius 2 is 1.77 bits per heavy atom. The fourth-order valence-electron chi connectivity index (χ4n) is 2.93. The third kappa shape index (κ3) is 2.41. The van der Waals surface area contributed by atoms with E-state index in [1.54, 1.807) is 13.4 Å². The Morgan fingerprint density at radius 3 is 2.27 bits per heavy atom. The molecular weight excluding hydrogens is 281 g/mol. The number of likely N-dealkylation sites (N-methyl/N-ethyl adjacent to an activating group) is 1. The van der Waals surface area contributed by atoms with Gasteiger partial charge in [-0.05, 0) is 34.7 Å². The van der Waals surface area contributed by atoms with Crippen molar-refractivity contribution in [3.63, 3.8) is 0 Å². The fourth-order valence-corrected chi connectivity index (χ4v) is 2.93. The predicted molar refractivity (Wildman–Crippen MR) is 84.5 cm³/mol. The van der Waals surface area contributed by atoms with Crippen LogP contribution in [0.3, 0.4) is 0 Å². The average molecular weight is 305 g/mol. The number of likely N-dealkylation sites (tertiary alicyclic amines) is 1. The first-order chi connectivity index (χ1) is 10.2. The number of methoxy groups -OCH3 is 1. The molecule has 2 aliphatic rings. The Kier molecular flexibility index (Phi) is 3.70. The van der Waals surface area contributed by atoms with Crippen LogP contribution < -0.4 is 10.2 Å². The minimum absolute atomic E-state index is 0.371. The minimum atomic E-state index is -0.498. The van der Waals surface area contributed by atoms with Crippen LogP contribution in [0.1, 0.15) is 39.3 Å². The van der Waals surface area contributed by atoms with Gasteiger partial charge in [0.25, 0.3) is 0 Å². The van der Waals surface area contributed by atoms with Gasteiger partial charge in [-0.3, -0.25) is 0 Å². The molecule has 22 heavy (non-hydrogen) atoms. The zero-order valence-electron chi connectivity index (χ0n) is 14.2. The van der Waals surface area contributed by atoms with Crippen molar-refractivity contribution in [2.24, 2.45) is 0 Å². The molecule has 2 aliphatic heterocycles. The Hall–Kier alpha value is -1.18. The molecule has 0 radical (unpaired) electrons. The van der Waals surface area contributed by atoms with Crippen LogP contribution in [-0.4, -0.2) is 60.4 Å². The molecule has 1 aromatic rings. The van der Waals surface area contributed by atoms with E-state index in [1.165, 1.54) is 0 Å². The van der Waals surface area contributed by atoms with Crippen LogP contribution in [0.2, 0.25) is 0 Å². The van der Waals surface area contributed by atoms with Gasteiger partial charge in [0.1, 0.15) is 6.33 Å². The molecule has 0 N–H and O–H groups in total. The Balaban J connectivity index is 1.99. The minimum Gasteiger partial charge on any atom is -0.481 e. The maximum Gasteiger partial charge on any atom is 0.502 e. The van der Waals surface area contributed by atoms with E-state index < -0.39 is 18.3 Å². The van der Waals surface area contributed by atoms with Crippen LogP contribution in [0.25, 0.3) is 0 Å². The SMILES string of the molecule is COc1ncnc(C2CN(C)C2)c1B1OC(C)(C)C(C)(C)O1. The second-order valence-electron chi connectivity index (χ2n) is 7.19. The zero-order valence-corrected chi connectivity index (χ0v) is 14.2. The van der Waals surface area contributed by atoms with E-state index in [-0.39, 0.29) is 0 Å². The maximum atomic E-state index is 6.18. The average Bonchev–Trinajstić information content (AvgIpc) is 2.62. The Bertz CT molecular complexity index is 557. The number of nitrogens with zero attached hydrogens (tertiary/aromatic N) is 3. The highest BCUT2D eigenvalue weighted by Crippen LogP contribution is 2.38. The molecule has 6 nitrogen and oxygen atoms in total. The summed E-state index contributed by atoms with van der Waals surface area (Å²) >= 11 is 0. The molecule has 0 bridgehead atoms. The number of rotatable bonds is 3. The van der Waals surface area contributed by atoms with E-state index in [4.69, 9.17) is 14.0 Å². The molecule has 1 aromatic heterocycles. The van der Waals surface area contributed by atoms with Gasteiger partial charge in [-0.25, -0.2) is 9.97 Å². The summed E-state index contributed by atoms with van der Waals surface area (Å²) in [5, 5.41) is 0. The molecule has 120 valence electrons. The molecule has 0 spiro atoms. The molecular formula is C15H24BN3O3. The van der Waals surface area contributed by atoms with Crippen molar-refractivity contribution in [2.75, 3.05) is 27.2 Å². The van der Waals surface area contributed by atoms with Crippen LogP contribution >= 0.6 is 0 Å². The van der Waals surface area contributed by atoms with Crippen molar-refractivity contribution >= 4 is 12.6 Å². The second kappa shape index (κ2) is 5.18. The summed E-state index contributed by atoms with van der Waals surface area (Å²) in [6, 6.07) is 0. The topological polar surface area (TPSA) is 56.7 Å². The summed E-state index contributed by atoms with van der Waals surface area (Å²) in [4.78, 5) is 11.0. The van der Waals surface area contributed by atoms with Gasteiger partial charge in [0.15, 0.2) is 0 Å². The van der Waals surface area contributed by atoms with Crippen molar-refractivity contribution in [1.82, 2.24) is 14.9 Å². The molecule has 3 heterocycles. The first-order valence-corrected chi connectivity index (χ1v) is 7.68. The van der Waals surface area contributed by atoms with Crippen molar-refractivity contribution in [3.8, 4) is 5.88 Å². The standard InChI is InChI=1S/C15H24BN3O3/c1-14(2)15(3,4)22-16(21-14)11-12(10-7-19(5)8-10)17-9-18-13(11)20-6/h9-10H,7-8H2,1-6H3. The summed E-state index contributed by atoms with van der Waals surface area (Å²) < 4.78 is 17.8. The fraction of sp³-hybridized carbons (Fsp3) is 0.733. The molecule has 7 heteroatoms. The predicted octanol–water partition coefficient (Wildman–Crippen LogP) is 0.813. The van der Waals surface area contributed by atoms with E-state index in [2.05, 4.69) is 21.9 Å². The van der Waals surface area contributed by atoms with E-state index in [1.807, 2.05) is 27.7 Å². The highest BCUT2D eigenvalue weighted by atomic mass is 16.7. The van der Waals surface area contributed by atoms with Crippen LogP contribution in [-0.2, 0) is 9.31 Å². The molecule has 2 saturated heterocycles. The maximum absolute atomic E-state index is 6.18. The van der Waals surface area contributed by atoms with Gasteiger partial charge in [-0.2, -0.15) is 0 Å². The van der Waals surface area contributed by atoms with Gasteiger partial charge in [-0.15, -0.1) is 0 Å². The summed E-state index contributed by atoms with van der Waals surface area (Å²) in [5.74, 6) is 0.911. The van der Waals surface area contributed by atoms with E-state index >= 15 is 0 Å². The third-order valence-electron chi connectivity index (χ3n) is 5.01. The Labute approximate surface area is 132 Å². The second-order valence-corrected chi connectivity index (χ2v) is 7.19. The molecule has 0 atom stereocenters. The van der Waals surface area contributed by atoms with Crippen LogP contribution in [0.5, 0.6) is 5.88 Å². The van der Waals surface area contributed by atoms with Crippen LogP contribution in [0.4, 0.5) is 0 Å². The van der Waals surface area contributed by atoms with E-state index in [0.717, 1.165) is 24.2 Å². The van der Waals surface area contributed by atoms with Crippen molar-refractivity contribution in [3.05, 3.63) is 12.0 Å². The zero-order chi connectivity index (χ0) is 16.1. The summed E-state index contributed by atoms with van der Waals surface area (Å²) in [5.41, 5.74) is 1.02. The lowest BCUT2D eigenvalue weighted by Crippen LogP contribution is -2.48. The first-order valence-electron chi connectivity index (χ1n) is 7.68. The lowest BCUT2D eigenvalue weighted by atomic mass is 9.74. The number of ether oxygens (including phenoxy) is 1. The smallest absolute Gasteiger partial charge is 0.481 e. The quantitative estimate of drug-likeness (QED) is 0.771. The highest BCUT2D eigenvalue weighted by Gasteiger charge is 2.54. The Morgan fingerprint density at radius 1 is 1.18 bits per heavy atom. The first kappa shape index (κ1) is 15.7. The summed E-state index contributed by atoms with van der Waals surface area (Å²) in [7, 11) is 3.22. The van der Waals surface area contributed by atoms with Gasteiger partial charge in [0.05, 0.1) is 29.5 Å². The number of hydrogen-bond acceptors (Lipinski definition) is 6. The lowest BCUT2D eigenvalue weighted by molar-refractivity contribution is 0.00578. The molecule has 0 amide bonds. The van der Waals surface area contributed by atoms with Gasteiger partial charge in [-0.1, -0.05) is 0 Å². The van der Waals surface area contributed by atoms with Gasteiger partial charge in [0, 0.05) is 19.0 Å². The molecule has 0 saturated carbocycles. The normalized spacial score (nSPS) is 24.4. The number of aromatic nitrogens is 2. The molecule has 3 rings (SSSR count). The van der Waals surface area contributed by atoms with Crippen molar-refractivity contribution in [2.45, 2.75) is 44.8 Å². The van der Waals surface area contributed by atoms with Crippen molar-refractivity contribution < 1.29 is 14.0 Å². The lowest BCUT2D eigenvalue weighted by Gasteiger charge is -2.36. The van der Waals surface area contributed by atoms with Gasteiger partial charge >= 0.3 is 7.12 Å². The van der Waals surface area contributed by atoms with Crippen LogP contribution in [0, 0.1) is 0 Å².